The van der Waals surface area contributed by atoms with Crippen LogP contribution in [0.25, 0.3) is 0 Å². The molecule has 1 aliphatic rings. The van der Waals surface area contributed by atoms with Crippen LogP contribution in [0.15, 0.2) is 10.9 Å². The fourth-order valence-corrected chi connectivity index (χ4v) is 2.20. The Morgan fingerprint density at radius 1 is 1.60 bits per heavy atom. The predicted octanol–water partition coefficient (Wildman–Crippen LogP) is 0.806. The highest BCUT2D eigenvalue weighted by Crippen LogP contribution is 2.22. The first-order chi connectivity index (χ1) is 7.40. The Hall–Kier alpha value is -0.940. The van der Waals surface area contributed by atoms with E-state index in [2.05, 4.69) is 15.0 Å². The molecule has 0 spiro atoms. The van der Waals surface area contributed by atoms with Crippen LogP contribution in [-0.4, -0.2) is 39.3 Å². The quantitative estimate of drug-likeness (QED) is 0.780. The van der Waals surface area contributed by atoms with Crippen LogP contribution >= 0.6 is 0 Å². The van der Waals surface area contributed by atoms with Crippen LogP contribution in [0, 0.1) is 0 Å². The minimum atomic E-state index is 0.284. The molecule has 0 bridgehead atoms. The van der Waals surface area contributed by atoms with Crippen molar-refractivity contribution >= 4 is 0 Å². The van der Waals surface area contributed by atoms with Gasteiger partial charge in [0.1, 0.15) is 0 Å². The third-order valence-corrected chi connectivity index (χ3v) is 2.95. The van der Waals surface area contributed by atoms with Gasteiger partial charge in [-0.3, -0.25) is 4.90 Å². The fraction of sp³-hybridized carbons (Fsp3) is 0.800. The van der Waals surface area contributed by atoms with Crippen LogP contribution in [0.2, 0.25) is 0 Å². The highest BCUT2D eigenvalue weighted by Gasteiger charge is 2.24. The number of aliphatic hydroxyl groups is 1. The molecule has 1 atom stereocenters. The molecule has 5 heteroatoms. The van der Waals surface area contributed by atoms with E-state index in [9.17, 15) is 0 Å². The van der Waals surface area contributed by atoms with E-state index in [0.717, 1.165) is 31.8 Å². The zero-order valence-corrected chi connectivity index (χ0v) is 8.80. The summed E-state index contributed by atoms with van der Waals surface area (Å²) in [7, 11) is 0. The summed E-state index contributed by atoms with van der Waals surface area (Å²) in [6.07, 6.45) is 5.77. The fourth-order valence-electron chi connectivity index (χ4n) is 2.20. The van der Waals surface area contributed by atoms with E-state index in [0.29, 0.717) is 6.04 Å². The van der Waals surface area contributed by atoms with Crippen molar-refractivity contribution in [3.63, 3.8) is 0 Å². The normalized spacial score (nSPS) is 22.3. The number of hydrogen-bond donors (Lipinski definition) is 1. The van der Waals surface area contributed by atoms with Gasteiger partial charge in [-0.05, 0) is 32.2 Å². The zero-order chi connectivity index (χ0) is 10.5. The molecule has 0 aromatic carbocycles. The van der Waals surface area contributed by atoms with E-state index in [1.807, 2.05) is 0 Å². The standard InChI is InChI=1S/C10H17N3O2/c14-6-2-4-9-3-1-5-13(9)7-10-11-8-15-12-10/h8-9,14H,1-7H2. The first-order valence-electron chi connectivity index (χ1n) is 5.50. The van der Waals surface area contributed by atoms with Crippen molar-refractivity contribution in [2.45, 2.75) is 38.3 Å². The second-order valence-corrected chi connectivity index (χ2v) is 3.98. The van der Waals surface area contributed by atoms with Crippen molar-refractivity contribution in [2.75, 3.05) is 13.2 Å². The van der Waals surface area contributed by atoms with Crippen LogP contribution in [0.4, 0.5) is 0 Å². The molecule has 2 heterocycles. The van der Waals surface area contributed by atoms with Gasteiger partial charge in [-0.2, -0.15) is 4.98 Å². The van der Waals surface area contributed by atoms with Gasteiger partial charge in [0, 0.05) is 12.6 Å². The minimum Gasteiger partial charge on any atom is -0.396 e. The summed E-state index contributed by atoms with van der Waals surface area (Å²) >= 11 is 0. The smallest absolute Gasteiger partial charge is 0.213 e. The molecule has 5 nitrogen and oxygen atoms in total. The number of rotatable bonds is 5. The zero-order valence-electron chi connectivity index (χ0n) is 8.80. The summed E-state index contributed by atoms with van der Waals surface area (Å²) in [6, 6.07) is 0.579. The lowest BCUT2D eigenvalue weighted by Gasteiger charge is -2.22. The first-order valence-corrected chi connectivity index (χ1v) is 5.50. The molecular formula is C10H17N3O2. The number of aliphatic hydroxyl groups excluding tert-OH is 1. The molecule has 0 amide bonds. The molecule has 1 saturated heterocycles. The van der Waals surface area contributed by atoms with Crippen LogP contribution in [-0.2, 0) is 6.54 Å². The maximum Gasteiger partial charge on any atom is 0.213 e. The molecule has 0 radical (unpaired) electrons. The lowest BCUT2D eigenvalue weighted by Crippen LogP contribution is -2.29. The van der Waals surface area contributed by atoms with Gasteiger partial charge in [-0.25, -0.2) is 0 Å². The Morgan fingerprint density at radius 2 is 2.53 bits per heavy atom. The van der Waals surface area contributed by atoms with Gasteiger partial charge in [0.25, 0.3) is 0 Å². The van der Waals surface area contributed by atoms with E-state index >= 15 is 0 Å². The van der Waals surface area contributed by atoms with Crippen LogP contribution in [0.1, 0.15) is 31.5 Å². The average molecular weight is 211 g/mol. The Morgan fingerprint density at radius 3 is 3.27 bits per heavy atom. The SMILES string of the molecule is OCCCC1CCCN1Cc1ncon1. The van der Waals surface area contributed by atoms with Crippen molar-refractivity contribution in [2.24, 2.45) is 0 Å². The Balaban J connectivity index is 1.85. The van der Waals surface area contributed by atoms with E-state index in [1.54, 1.807) is 0 Å². The molecule has 1 N–H and O–H groups in total. The third-order valence-electron chi connectivity index (χ3n) is 2.95. The largest absolute Gasteiger partial charge is 0.396 e. The molecule has 2 rings (SSSR count). The third kappa shape index (κ3) is 2.76. The Kier molecular flexibility index (Phi) is 3.69. The van der Waals surface area contributed by atoms with Gasteiger partial charge < -0.3 is 9.63 Å². The summed E-state index contributed by atoms with van der Waals surface area (Å²) in [4.78, 5) is 6.40. The van der Waals surface area contributed by atoms with Gasteiger partial charge >= 0.3 is 0 Å². The van der Waals surface area contributed by atoms with Gasteiger partial charge in [0.2, 0.25) is 6.39 Å². The number of aromatic nitrogens is 2. The summed E-state index contributed by atoms with van der Waals surface area (Å²) in [5.74, 6) is 0.755. The average Bonchev–Trinajstić information content (AvgIpc) is 2.87. The summed E-state index contributed by atoms with van der Waals surface area (Å²) < 4.78 is 4.71. The van der Waals surface area contributed by atoms with Crippen molar-refractivity contribution in [3.05, 3.63) is 12.2 Å². The van der Waals surface area contributed by atoms with Gasteiger partial charge in [-0.15, -0.1) is 0 Å². The lowest BCUT2D eigenvalue weighted by atomic mass is 10.1. The molecule has 0 aliphatic carbocycles. The van der Waals surface area contributed by atoms with Crippen LogP contribution in [0.5, 0.6) is 0 Å². The summed E-state index contributed by atoms with van der Waals surface area (Å²) in [5.41, 5.74) is 0. The van der Waals surface area contributed by atoms with Gasteiger partial charge in [0.15, 0.2) is 5.82 Å². The molecule has 15 heavy (non-hydrogen) atoms. The monoisotopic (exact) mass is 211 g/mol. The van der Waals surface area contributed by atoms with Crippen molar-refractivity contribution in [3.8, 4) is 0 Å². The number of hydrogen-bond acceptors (Lipinski definition) is 5. The molecule has 1 fully saturated rings. The maximum atomic E-state index is 8.81. The van der Waals surface area contributed by atoms with E-state index in [-0.39, 0.29) is 6.61 Å². The number of likely N-dealkylation sites (tertiary alicyclic amines) is 1. The predicted molar refractivity (Wildman–Crippen MR) is 54.0 cm³/mol. The van der Waals surface area contributed by atoms with Crippen LogP contribution < -0.4 is 0 Å². The van der Waals surface area contributed by atoms with Crippen molar-refractivity contribution < 1.29 is 9.63 Å². The van der Waals surface area contributed by atoms with E-state index in [1.165, 1.54) is 19.2 Å². The summed E-state index contributed by atoms with van der Waals surface area (Å²) in [6.45, 7) is 2.16. The van der Waals surface area contributed by atoms with Gasteiger partial charge in [-0.1, -0.05) is 5.16 Å². The second kappa shape index (κ2) is 5.23. The Bertz CT molecular complexity index is 276. The Labute approximate surface area is 89.1 Å². The second-order valence-electron chi connectivity index (χ2n) is 3.98. The van der Waals surface area contributed by atoms with Crippen molar-refractivity contribution in [1.82, 2.24) is 15.0 Å². The molecule has 1 unspecified atom stereocenters. The summed E-state index contributed by atoms with van der Waals surface area (Å²) in [5, 5.41) is 12.6. The highest BCUT2D eigenvalue weighted by atomic mass is 16.5. The molecule has 1 aromatic heterocycles. The molecule has 1 aliphatic heterocycles. The van der Waals surface area contributed by atoms with Gasteiger partial charge in [0.05, 0.1) is 6.54 Å². The lowest BCUT2D eigenvalue weighted by molar-refractivity contribution is 0.204. The topological polar surface area (TPSA) is 62.4 Å². The highest BCUT2D eigenvalue weighted by molar-refractivity contribution is 4.85. The van der Waals surface area contributed by atoms with Crippen molar-refractivity contribution in [1.29, 1.82) is 0 Å². The van der Waals surface area contributed by atoms with E-state index in [4.69, 9.17) is 9.63 Å². The minimum absolute atomic E-state index is 0.284. The molecule has 1 aromatic rings. The molecule has 0 saturated carbocycles. The van der Waals surface area contributed by atoms with E-state index < -0.39 is 0 Å². The maximum absolute atomic E-state index is 8.81. The van der Waals surface area contributed by atoms with Crippen LogP contribution in [0.3, 0.4) is 0 Å². The molecule has 84 valence electrons. The first kappa shape index (κ1) is 10.6. The number of nitrogens with zero attached hydrogens (tertiary/aromatic N) is 3. The molecular weight excluding hydrogens is 194 g/mol.